The maximum absolute atomic E-state index is 13.3. The third-order valence-electron chi connectivity index (χ3n) is 6.30. The van der Waals surface area contributed by atoms with Gasteiger partial charge >= 0.3 is 5.97 Å². The number of hydrogen-bond acceptors (Lipinski definition) is 3. The summed E-state index contributed by atoms with van der Waals surface area (Å²) in [7, 11) is 4.08. The fourth-order valence-corrected chi connectivity index (χ4v) is 4.21. The van der Waals surface area contributed by atoms with E-state index in [1.54, 1.807) is 24.3 Å². The summed E-state index contributed by atoms with van der Waals surface area (Å²) in [5, 5.41) is 9.09. The molecule has 0 heterocycles. The van der Waals surface area contributed by atoms with Crippen LogP contribution in [-0.2, 0) is 10.8 Å². The quantitative estimate of drug-likeness (QED) is 0.290. The second-order valence-corrected chi connectivity index (χ2v) is 11.5. The molecule has 0 unspecified atom stereocenters. The monoisotopic (exact) mass is 483 g/mol. The van der Waals surface area contributed by atoms with Gasteiger partial charge in [-0.1, -0.05) is 84.0 Å². The van der Waals surface area contributed by atoms with Crippen molar-refractivity contribution in [3.8, 4) is 11.1 Å². The lowest BCUT2D eigenvalue weighted by Crippen LogP contribution is -2.21. The zero-order chi connectivity index (χ0) is 26.8. The number of allylic oxidation sites excluding steroid dienone is 1. The van der Waals surface area contributed by atoms with E-state index in [0.29, 0.717) is 5.56 Å². The average molecular weight is 484 g/mol. The molecule has 0 amide bonds. The van der Waals surface area contributed by atoms with E-state index >= 15 is 0 Å². The van der Waals surface area contributed by atoms with Crippen LogP contribution in [0.5, 0.6) is 0 Å². The molecule has 0 radical (unpaired) electrons. The summed E-state index contributed by atoms with van der Waals surface area (Å²) >= 11 is 0. The number of carboxylic acids is 1. The van der Waals surface area contributed by atoms with Crippen molar-refractivity contribution in [3.63, 3.8) is 0 Å². The Bertz CT molecular complexity index is 1280. The predicted octanol–water partition coefficient (Wildman–Crippen LogP) is 7.61. The van der Waals surface area contributed by atoms with Crippen LogP contribution in [0.15, 0.2) is 66.7 Å². The summed E-state index contributed by atoms with van der Waals surface area (Å²) in [4.78, 5) is 26.5. The molecule has 0 aliphatic heterocycles. The Morgan fingerprint density at radius 2 is 1.36 bits per heavy atom. The van der Waals surface area contributed by atoms with Gasteiger partial charge in [0, 0.05) is 30.9 Å². The number of carbonyl (C=O) groups is 2. The molecule has 0 spiro atoms. The maximum Gasteiger partial charge on any atom is 0.335 e. The van der Waals surface area contributed by atoms with Crippen LogP contribution in [0.4, 0.5) is 5.69 Å². The molecule has 0 saturated carbocycles. The van der Waals surface area contributed by atoms with Crippen molar-refractivity contribution in [1.29, 1.82) is 0 Å². The first kappa shape index (κ1) is 26.9. The number of ketones is 1. The summed E-state index contributed by atoms with van der Waals surface area (Å²) < 4.78 is 0. The van der Waals surface area contributed by atoms with Crippen LogP contribution in [0.2, 0.25) is 0 Å². The van der Waals surface area contributed by atoms with Gasteiger partial charge in [0.05, 0.1) is 5.56 Å². The van der Waals surface area contributed by atoms with Crippen molar-refractivity contribution < 1.29 is 14.7 Å². The topological polar surface area (TPSA) is 57.6 Å². The molecule has 188 valence electrons. The lowest BCUT2D eigenvalue weighted by Gasteiger charge is -2.30. The van der Waals surface area contributed by atoms with E-state index < -0.39 is 5.97 Å². The number of anilines is 1. The maximum atomic E-state index is 13.3. The fourth-order valence-electron chi connectivity index (χ4n) is 4.21. The molecule has 4 heteroatoms. The zero-order valence-corrected chi connectivity index (χ0v) is 22.6. The Balaban J connectivity index is 2.10. The van der Waals surface area contributed by atoms with Crippen LogP contribution < -0.4 is 4.90 Å². The number of nitrogens with zero attached hydrogens (tertiary/aromatic N) is 1. The Hall–Kier alpha value is -3.66. The number of benzene rings is 3. The van der Waals surface area contributed by atoms with Gasteiger partial charge in [0.25, 0.3) is 0 Å². The molecule has 4 nitrogen and oxygen atoms in total. The minimum absolute atomic E-state index is 0.0603. The highest BCUT2D eigenvalue weighted by atomic mass is 16.4. The second-order valence-electron chi connectivity index (χ2n) is 11.5. The van der Waals surface area contributed by atoms with Crippen LogP contribution in [0, 0.1) is 0 Å². The molecule has 3 aromatic carbocycles. The third-order valence-corrected chi connectivity index (χ3v) is 6.30. The summed E-state index contributed by atoms with van der Waals surface area (Å²) in [5.41, 5.74) is 7.06. The second kappa shape index (κ2) is 10.1. The summed E-state index contributed by atoms with van der Waals surface area (Å²) in [6.07, 6.45) is 3.28. The zero-order valence-electron chi connectivity index (χ0n) is 22.6. The summed E-state index contributed by atoms with van der Waals surface area (Å²) in [5.74, 6) is -1.07. The smallest absolute Gasteiger partial charge is 0.335 e. The van der Waals surface area contributed by atoms with Crippen molar-refractivity contribution in [3.05, 3.63) is 94.6 Å². The van der Waals surface area contributed by atoms with Gasteiger partial charge in [-0.05, 0) is 63.4 Å². The van der Waals surface area contributed by atoms with Crippen LogP contribution in [0.1, 0.15) is 78.9 Å². The molecule has 36 heavy (non-hydrogen) atoms. The minimum Gasteiger partial charge on any atom is -0.478 e. The van der Waals surface area contributed by atoms with E-state index in [9.17, 15) is 9.59 Å². The van der Waals surface area contributed by atoms with Crippen molar-refractivity contribution in [2.24, 2.45) is 0 Å². The predicted molar refractivity (Wildman–Crippen MR) is 150 cm³/mol. The van der Waals surface area contributed by atoms with E-state index in [2.05, 4.69) is 70.7 Å². The molecule has 0 aliphatic rings. The number of hydrogen-bond donors (Lipinski definition) is 1. The van der Waals surface area contributed by atoms with E-state index in [4.69, 9.17) is 5.11 Å². The number of carboxylic acid groups (broad SMARTS) is 1. The van der Waals surface area contributed by atoms with E-state index in [1.165, 1.54) is 17.7 Å². The van der Waals surface area contributed by atoms with Crippen LogP contribution >= 0.6 is 0 Å². The molecule has 0 saturated heterocycles. The van der Waals surface area contributed by atoms with Gasteiger partial charge < -0.3 is 10.0 Å². The van der Waals surface area contributed by atoms with E-state index in [1.807, 2.05) is 26.2 Å². The number of rotatable bonds is 6. The Morgan fingerprint density at radius 1 is 0.778 bits per heavy atom. The molecule has 3 aromatic rings. The molecule has 1 N–H and O–H groups in total. The molecule has 0 atom stereocenters. The molecular formula is C32H37NO3. The van der Waals surface area contributed by atoms with Gasteiger partial charge in [0.15, 0.2) is 5.78 Å². The van der Waals surface area contributed by atoms with Crippen molar-refractivity contribution >= 4 is 23.5 Å². The molecule has 0 bridgehead atoms. The summed E-state index contributed by atoms with van der Waals surface area (Å²) in [6.45, 7) is 13.1. The van der Waals surface area contributed by atoms with Gasteiger partial charge in [0.1, 0.15) is 0 Å². The molecule has 0 aliphatic carbocycles. The summed E-state index contributed by atoms with van der Waals surface area (Å²) in [6, 6.07) is 19.1. The van der Waals surface area contributed by atoms with Gasteiger partial charge in [-0.15, -0.1) is 0 Å². The normalized spacial score (nSPS) is 12.1. The number of carbonyl (C=O) groups excluding carboxylic acids is 1. The standard InChI is InChI=1S/C32H37NO3/c1-31(2,3)25-16-14-22(15-17-25)26-19-24(20-27(32(4,5)6)29(26)33(7)8)28(34)18-11-21-9-12-23(13-10-21)30(35)36/h9-20H,1-8H3,(H,35,36). The lowest BCUT2D eigenvalue weighted by atomic mass is 9.81. The van der Waals surface area contributed by atoms with Gasteiger partial charge in [-0.25, -0.2) is 4.79 Å². The highest BCUT2D eigenvalue weighted by Crippen LogP contribution is 2.41. The number of aromatic carboxylic acids is 1. The average Bonchev–Trinajstić information content (AvgIpc) is 2.80. The first-order valence-electron chi connectivity index (χ1n) is 12.2. The largest absolute Gasteiger partial charge is 0.478 e. The van der Waals surface area contributed by atoms with Crippen molar-refractivity contribution in [2.45, 2.75) is 52.4 Å². The first-order chi connectivity index (χ1) is 16.7. The van der Waals surface area contributed by atoms with Gasteiger partial charge in [0.2, 0.25) is 0 Å². The molecule has 0 aromatic heterocycles. The van der Waals surface area contributed by atoms with E-state index in [-0.39, 0.29) is 22.2 Å². The highest BCUT2D eigenvalue weighted by Gasteiger charge is 2.25. The fraction of sp³-hybridized carbons (Fsp3) is 0.312. The van der Waals surface area contributed by atoms with Crippen LogP contribution in [0.3, 0.4) is 0 Å². The van der Waals surface area contributed by atoms with Gasteiger partial charge in [-0.2, -0.15) is 0 Å². The Morgan fingerprint density at radius 3 is 1.83 bits per heavy atom. The van der Waals surface area contributed by atoms with Crippen LogP contribution in [0.25, 0.3) is 17.2 Å². The van der Waals surface area contributed by atoms with Gasteiger partial charge in [-0.3, -0.25) is 4.79 Å². The van der Waals surface area contributed by atoms with E-state index in [0.717, 1.165) is 27.9 Å². The highest BCUT2D eigenvalue weighted by molar-refractivity contribution is 6.08. The van der Waals surface area contributed by atoms with Crippen LogP contribution in [-0.4, -0.2) is 31.0 Å². The van der Waals surface area contributed by atoms with Crippen molar-refractivity contribution in [2.75, 3.05) is 19.0 Å². The first-order valence-corrected chi connectivity index (χ1v) is 12.2. The molecule has 0 fully saturated rings. The SMILES string of the molecule is CN(C)c1c(-c2ccc(C(C)(C)C)cc2)cc(C(=O)C=Cc2ccc(C(=O)O)cc2)cc1C(C)(C)C. The molecular weight excluding hydrogens is 446 g/mol. The Kier molecular flexibility index (Phi) is 7.59. The lowest BCUT2D eigenvalue weighted by molar-refractivity contribution is 0.0696. The van der Waals surface area contributed by atoms with Crippen molar-refractivity contribution in [1.82, 2.24) is 0 Å². The molecule has 3 rings (SSSR count). The minimum atomic E-state index is -0.972. The Labute approximate surface area is 215 Å². The third kappa shape index (κ3) is 6.12.